The molecule has 0 aliphatic heterocycles. The Labute approximate surface area is 119 Å². The SMILES string of the molecule is CCOc1ccc(C(=O)NCCCCC(N)=S)cc1. The number of carbonyl (C=O) groups excluding carboxylic acids is 1. The van der Waals surface area contributed by atoms with Crippen LogP contribution in [-0.4, -0.2) is 24.0 Å². The number of hydrogen-bond donors (Lipinski definition) is 2. The smallest absolute Gasteiger partial charge is 0.251 e. The van der Waals surface area contributed by atoms with E-state index in [9.17, 15) is 4.79 Å². The Balaban J connectivity index is 2.30. The van der Waals surface area contributed by atoms with E-state index in [1.54, 1.807) is 24.3 Å². The molecule has 1 rings (SSSR count). The molecule has 1 aromatic rings. The molecule has 0 heterocycles. The number of amides is 1. The molecule has 3 N–H and O–H groups in total. The van der Waals surface area contributed by atoms with Gasteiger partial charge in [0.1, 0.15) is 5.75 Å². The minimum absolute atomic E-state index is 0.0710. The molecule has 104 valence electrons. The number of ether oxygens (including phenoxy) is 1. The van der Waals surface area contributed by atoms with E-state index in [2.05, 4.69) is 5.32 Å². The first-order chi connectivity index (χ1) is 9.13. The molecule has 0 aliphatic rings. The van der Waals surface area contributed by atoms with Crippen molar-refractivity contribution in [3.8, 4) is 5.75 Å². The molecule has 5 heteroatoms. The third kappa shape index (κ3) is 6.20. The summed E-state index contributed by atoms with van der Waals surface area (Å²) in [6, 6.07) is 7.11. The molecule has 4 nitrogen and oxygen atoms in total. The maximum Gasteiger partial charge on any atom is 0.251 e. The summed E-state index contributed by atoms with van der Waals surface area (Å²) in [5, 5.41) is 2.86. The summed E-state index contributed by atoms with van der Waals surface area (Å²) >= 11 is 4.79. The summed E-state index contributed by atoms with van der Waals surface area (Å²) in [4.78, 5) is 12.3. The lowest BCUT2D eigenvalue weighted by molar-refractivity contribution is 0.0953. The molecule has 19 heavy (non-hydrogen) atoms. The number of nitrogens with one attached hydrogen (secondary N) is 1. The van der Waals surface area contributed by atoms with Crippen LogP contribution in [0, 0.1) is 0 Å². The maximum absolute atomic E-state index is 11.8. The van der Waals surface area contributed by atoms with Crippen molar-refractivity contribution >= 4 is 23.1 Å². The minimum Gasteiger partial charge on any atom is -0.494 e. The third-order valence-corrected chi connectivity index (χ3v) is 2.77. The molecular formula is C14H20N2O2S. The summed E-state index contributed by atoms with van der Waals surface area (Å²) in [6.07, 6.45) is 2.51. The first-order valence-electron chi connectivity index (χ1n) is 6.43. The fraction of sp³-hybridized carbons (Fsp3) is 0.429. The lowest BCUT2D eigenvalue weighted by Crippen LogP contribution is -2.24. The molecule has 0 bridgehead atoms. The second-order valence-electron chi connectivity index (χ2n) is 4.14. The van der Waals surface area contributed by atoms with Crippen LogP contribution in [0.2, 0.25) is 0 Å². The van der Waals surface area contributed by atoms with Crippen LogP contribution < -0.4 is 15.8 Å². The molecule has 0 saturated carbocycles. The van der Waals surface area contributed by atoms with Gasteiger partial charge in [-0.3, -0.25) is 4.79 Å². The van der Waals surface area contributed by atoms with E-state index in [0.717, 1.165) is 25.0 Å². The lowest BCUT2D eigenvalue weighted by Gasteiger charge is -2.06. The van der Waals surface area contributed by atoms with Crippen LogP contribution in [0.15, 0.2) is 24.3 Å². The van der Waals surface area contributed by atoms with Crippen LogP contribution >= 0.6 is 12.2 Å². The van der Waals surface area contributed by atoms with Crippen LogP contribution in [0.4, 0.5) is 0 Å². The number of carbonyl (C=O) groups is 1. The average molecular weight is 280 g/mol. The predicted octanol–water partition coefficient (Wildman–Crippen LogP) is 2.27. The van der Waals surface area contributed by atoms with E-state index >= 15 is 0 Å². The van der Waals surface area contributed by atoms with Gasteiger partial charge in [-0.25, -0.2) is 0 Å². The Hall–Kier alpha value is -1.62. The predicted molar refractivity (Wildman–Crippen MR) is 80.6 cm³/mol. The molecule has 1 amide bonds. The van der Waals surface area contributed by atoms with Gasteiger partial charge in [0.25, 0.3) is 5.91 Å². The summed E-state index contributed by atoms with van der Waals surface area (Å²) in [5.41, 5.74) is 6.03. The monoisotopic (exact) mass is 280 g/mol. The van der Waals surface area contributed by atoms with Crippen molar-refractivity contribution < 1.29 is 9.53 Å². The first-order valence-corrected chi connectivity index (χ1v) is 6.83. The maximum atomic E-state index is 11.8. The number of thiocarbonyl (C=S) groups is 1. The molecule has 0 unspecified atom stereocenters. The second kappa shape index (κ2) is 8.48. The van der Waals surface area contributed by atoms with Crippen LogP contribution in [-0.2, 0) is 0 Å². The van der Waals surface area contributed by atoms with Crippen molar-refractivity contribution in [2.24, 2.45) is 5.73 Å². The van der Waals surface area contributed by atoms with Crippen molar-refractivity contribution in [3.05, 3.63) is 29.8 Å². The molecule has 0 saturated heterocycles. The van der Waals surface area contributed by atoms with Gasteiger partial charge in [-0.2, -0.15) is 0 Å². The summed E-state index contributed by atoms with van der Waals surface area (Å²) < 4.78 is 5.32. The van der Waals surface area contributed by atoms with Crippen LogP contribution in [0.5, 0.6) is 5.75 Å². The normalized spacial score (nSPS) is 9.95. The Bertz CT molecular complexity index is 418. The molecule has 1 aromatic carbocycles. The first kappa shape index (κ1) is 15.4. The number of hydrogen-bond acceptors (Lipinski definition) is 3. The highest BCUT2D eigenvalue weighted by Crippen LogP contribution is 2.11. The minimum atomic E-state index is -0.0710. The quantitative estimate of drug-likeness (QED) is 0.566. The van der Waals surface area contributed by atoms with Crippen LogP contribution in [0.1, 0.15) is 36.5 Å². The zero-order valence-electron chi connectivity index (χ0n) is 11.1. The zero-order chi connectivity index (χ0) is 14.1. The van der Waals surface area contributed by atoms with Crippen molar-refractivity contribution in [1.29, 1.82) is 0 Å². The van der Waals surface area contributed by atoms with Crippen molar-refractivity contribution in [2.75, 3.05) is 13.2 Å². The van der Waals surface area contributed by atoms with Crippen molar-refractivity contribution in [3.63, 3.8) is 0 Å². The fourth-order valence-electron chi connectivity index (χ4n) is 1.60. The van der Waals surface area contributed by atoms with E-state index in [1.807, 2.05) is 6.92 Å². The van der Waals surface area contributed by atoms with E-state index in [4.69, 9.17) is 22.7 Å². The number of unbranched alkanes of at least 4 members (excludes halogenated alkanes) is 1. The fourth-order valence-corrected chi connectivity index (χ4v) is 1.74. The van der Waals surface area contributed by atoms with Gasteiger partial charge in [-0.15, -0.1) is 0 Å². The van der Waals surface area contributed by atoms with E-state index < -0.39 is 0 Å². The average Bonchev–Trinajstić information content (AvgIpc) is 2.39. The standard InChI is InChI=1S/C14H20N2O2S/c1-2-18-12-8-6-11(7-9-12)14(17)16-10-4-3-5-13(15)19/h6-9H,2-5,10H2,1H3,(H2,15,19)(H,16,17). The Morgan fingerprint density at radius 1 is 1.32 bits per heavy atom. The van der Waals surface area contributed by atoms with Crippen LogP contribution in [0.25, 0.3) is 0 Å². The van der Waals surface area contributed by atoms with Gasteiger partial charge in [0.15, 0.2) is 0 Å². The Kier molecular flexibility index (Phi) is 6.89. The molecule has 0 atom stereocenters. The highest BCUT2D eigenvalue weighted by Gasteiger charge is 2.04. The summed E-state index contributed by atoms with van der Waals surface area (Å²) in [6.45, 7) is 3.18. The number of rotatable bonds is 8. The topological polar surface area (TPSA) is 64.3 Å². The van der Waals surface area contributed by atoms with Gasteiger partial charge in [0, 0.05) is 12.1 Å². The summed E-state index contributed by atoms with van der Waals surface area (Å²) in [5.74, 6) is 0.703. The van der Waals surface area contributed by atoms with Gasteiger partial charge in [-0.05, 0) is 50.5 Å². The molecular weight excluding hydrogens is 260 g/mol. The van der Waals surface area contributed by atoms with Gasteiger partial charge in [0.2, 0.25) is 0 Å². The van der Waals surface area contributed by atoms with Gasteiger partial charge in [0.05, 0.1) is 11.6 Å². The van der Waals surface area contributed by atoms with Gasteiger partial charge in [-0.1, -0.05) is 12.2 Å². The summed E-state index contributed by atoms with van der Waals surface area (Å²) in [7, 11) is 0. The molecule has 0 aliphatic carbocycles. The van der Waals surface area contributed by atoms with Crippen molar-refractivity contribution in [2.45, 2.75) is 26.2 Å². The lowest BCUT2D eigenvalue weighted by atomic mass is 10.2. The largest absolute Gasteiger partial charge is 0.494 e. The molecule has 0 aromatic heterocycles. The highest BCUT2D eigenvalue weighted by atomic mass is 32.1. The number of benzene rings is 1. The Morgan fingerprint density at radius 3 is 2.58 bits per heavy atom. The van der Waals surface area contributed by atoms with Gasteiger partial charge < -0.3 is 15.8 Å². The zero-order valence-corrected chi connectivity index (χ0v) is 12.0. The molecule has 0 spiro atoms. The third-order valence-electron chi connectivity index (χ3n) is 2.56. The van der Waals surface area contributed by atoms with E-state index in [1.165, 1.54) is 0 Å². The molecule has 0 fully saturated rings. The van der Waals surface area contributed by atoms with Crippen molar-refractivity contribution in [1.82, 2.24) is 5.32 Å². The highest BCUT2D eigenvalue weighted by molar-refractivity contribution is 7.80. The number of nitrogens with two attached hydrogens (primary N) is 1. The van der Waals surface area contributed by atoms with E-state index in [-0.39, 0.29) is 5.91 Å². The van der Waals surface area contributed by atoms with Crippen LogP contribution in [0.3, 0.4) is 0 Å². The van der Waals surface area contributed by atoms with Gasteiger partial charge >= 0.3 is 0 Å². The molecule has 0 radical (unpaired) electrons. The Morgan fingerprint density at radius 2 is 2.00 bits per heavy atom. The second-order valence-corrected chi connectivity index (χ2v) is 4.66. The van der Waals surface area contributed by atoms with E-state index in [0.29, 0.717) is 23.7 Å².